The number of hydrogen-bond acceptors (Lipinski definition) is 3. The zero-order chi connectivity index (χ0) is 9.68. The quantitative estimate of drug-likeness (QED) is 0.687. The van der Waals surface area contributed by atoms with Gasteiger partial charge in [-0.15, -0.1) is 0 Å². The molecular weight excluding hydrogens is 182 g/mol. The largest absolute Gasteiger partial charge is 0.395 e. The topological polar surface area (TPSA) is 46.2 Å². The van der Waals surface area contributed by atoms with E-state index in [0.29, 0.717) is 16.5 Å². The van der Waals surface area contributed by atoms with Crippen LogP contribution >= 0.6 is 11.8 Å². The summed E-state index contributed by atoms with van der Waals surface area (Å²) in [7, 11) is 0. The van der Waals surface area contributed by atoms with Gasteiger partial charge < -0.3 is 10.8 Å². The highest BCUT2D eigenvalue weighted by Gasteiger charge is 2.22. The molecule has 1 aliphatic carbocycles. The van der Waals surface area contributed by atoms with Crippen molar-refractivity contribution in [3.63, 3.8) is 0 Å². The molecule has 0 aliphatic heterocycles. The molecule has 1 fully saturated rings. The number of thioether (sulfide) groups is 1. The van der Waals surface area contributed by atoms with Crippen molar-refractivity contribution >= 4 is 11.8 Å². The molecule has 2 nitrogen and oxygen atoms in total. The number of nitrogens with two attached hydrogens (primary N) is 1. The Morgan fingerprint density at radius 1 is 1.38 bits per heavy atom. The molecule has 78 valence electrons. The molecule has 1 saturated carbocycles. The zero-order valence-corrected chi connectivity index (χ0v) is 9.22. The molecule has 3 unspecified atom stereocenters. The second kappa shape index (κ2) is 5.89. The summed E-state index contributed by atoms with van der Waals surface area (Å²) >= 11 is 1.87. The van der Waals surface area contributed by atoms with Gasteiger partial charge in [0.25, 0.3) is 0 Å². The maximum absolute atomic E-state index is 8.96. The Labute approximate surface area is 85.3 Å². The van der Waals surface area contributed by atoms with Crippen molar-refractivity contribution in [1.82, 2.24) is 0 Å². The summed E-state index contributed by atoms with van der Waals surface area (Å²) in [5.74, 6) is 0. The summed E-state index contributed by atoms with van der Waals surface area (Å²) < 4.78 is 0. The summed E-state index contributed by atoms with van der Waals surface area (Å²) in [5.41, 5.74) is 6.08. The zero-order valence-electron chi connectivity index (χ0n) is 8.41. The Morgan fingerprint density at radius 2 is 2.08 bits per heavy atom. The predicted octanol–water partition coefficient (Wildman–Crippen LogP) is 1.76. The van der Waals surface area contributed by atoms with Crippen molar-refractivity contribution in [3.8, 4) is 0 Å². The molecule has 3 N–H and O–H groups in total. The second-order valence-corrected chi connectivity index (χ2v) is 5.65. The summed E-state index contributed by atoms with van der Waals surface area (Å²) in [5, 5.41) is 9.88. The van der Waals surface area contributed by atoms with Crippen LogP contribution < -0.4 is 5.73 Å². The van der Waals surface area contributed by atoms with E-state index in [4.69, 9.17) is 10.8 Å². The number of aliphatic hydroxyl groups is 1. The second-order valence-electron chi connectivity index (χ2n) is 3.97. The van der Waals surface area contributed by atoms with Crippen LogP contribution in [0.3, 0.4) is 0 Å². The third-order valence-corrected chi connectivity index (χ3v) is 4.22. The Kier molecular flexibility index (Phi) is 5.14. The fourth-order valence-corrected chi connectivity index (χ4v) is 3.14. The van der Waals surface area contributed by atoms with Gasteiger partial charge in [0.05, 0.1) is 6.61 Å². The number of hydrogen-bond donors (Lipinski definition) is 2. The molecule has 13 heavy (non-hydrogen) atoms. The lowest BCUT2D eigenvalue weighted by Gasteiger charge is -2.23. The van der Waals surface area contributed by atoms with Gasteiger partial charge in [0.15, 0.2) is 0 Å². The van der Waals surface area contributed by atoms with E-state index in [1.165, 1.54) is 25.7 Å². The molecule has 0 spiro atoms. The fraction of sp³-hybridized carbons (Fsp3) is 1.00. The smallest absolute Gasteiger partial charge is 0.0547 e. The third kappa shape index (κ3) is 3.88. The first-order valence-corrected chi connectivity index (χ1v) is 6.20. The van der Waals surface area contributed by atoms with Gasteiger partial charge in [-0.2, -0.15) is 11.8 Å². The van der Waals surface area contributed by atoms with E-state index >= 15 is 0 Å². The minimum Gasteiger partial charge on any atom is -0.395 e. The average molecular weight is 203 g/mol. The Balaban J connectivity index is 2.35. The van der Waals surface area contributed by atoms with Gasteiger partial charge in [0.1, 0.15) is 0 Å². The van der Waals surface area contributed by atoms with Crippen LogP contribution in [0.25, 0.3) is 0 Å². The highest BCUT2D eigenvalue weighted by molar-refractivity contribution is 8.00. The van der Waals surface area contributed by atoms with Gasteiger partial charge in [-0.05, 0) is 12.8 Å². The predicted molar refractivity (Wildman–Crippen MR) is 59.0 cm³/mol. The molecule has 1 rings (SSSR count). The maximum Gasteiger partial charge on any atom is 0.0547 e. The highest BCUT2D eigenvalue weighted by Crippen LogP contribution is 2.29. The molecule has 0 aromatic heterocycles. The van der Waals surface area contributed by atoms with Crippen LogP contribution in [0.2, 0.25) is 0 Å². The van der Waals surface area contributed by atoms with Gasteiger partial charge in [0, 0.05) is 16.5 Å². The summed E-state index contributed by atoms with van der Waals surface area (Å²) in [6.07, 6.45) is 6.32. The first kappa shape index (κ1) is 11.3. The van der Waals surface area contributed by atoms with Gasteiger partial charge in [-0.3, -0.25) is 0 Å². The van der Waals surface area contributed by atoms with Crippen LogP contribution in [0.5, 0.6) is 0 Å². The molecule has 0 amide bonds. The molecule has 0 heterocycles. The van der Waals surface area contributed by atoms with E-state index in [2.05, 4.69) is 6.92 Å². The normalized spacial score (nSPS) is 32.5. The summed E-state index contributed by atoms with van der Waals surface area (Å²) in [6.45, 7) is 2.34. The van der Waals surface area contributed by atoms with Crippen molar-refractivity contribution in [3.05, 3.63) is 0 Å². The van der Waals surface area contributed by atoms with Gasteiger partial charge in [0.2, 0.25) is 0 Å². The van der Waals surface area contributed by atoms with E-state index in [0.717, 1.165) is 6.42 Å². The Hall–Kier alpha value is 0.270. The van der Waals surface area contributed by atoms with E-state index in [9.17, 15) is 0 Å². The van der Waals surface area contributed by atoms with Crippen LogP contribution in [-0.2, 0) is 0 Å². The van der Waals surface area contributed by atoms with Crippen LogP contribution in [0.4, 0.5) is 0 Å². The average Bonchev–Trinajstić information content (AvgIpc) is 2.32. The molecule has 3 atom stereocenters. The van der Waals surface area contributed by atoms with E-state index in [-0.39, 0.29) is 6.61 Å². The third-order valence-electron chi connectivity index (χ3n) is 2.67. The van der Waals surface area contributed by atoms with Crippen molar-refractivity contribution in [1.29, 1.82) is 0 Å². The fourth-order valence-electron chi connectivity index (χ4n) is 1.81. The van der Waals surface area contributed by atoms with Crippen molar-refractivity contribution in [2.75, 3.05) is 6.61 Å². The Morgan fingerprint density at radius 3 is 2.77 bits per heavy atom. The van der Waals surface area contributed by atoms with E-state index in [1.807, 2.05) is 11.8 Å². The highest BCUT2D eigenvalue weighted by atomic mass is 32.2. The first-order chi connectivity index (χ1) is 6.24. The van der Waals surface area contributed by atoms with Crippen molar-refractivity contribution < 1.29 is 5.11 Å². The lowest BCUT2D eigenvalue weighted by atomic mass is 10.1. The number of rotatable bonds is 3. The van der Waals surface area contributed by atoms with Crippen LogP contribution in [-0.4, -0.2) is 28.3 Å². The van der Waals surface area contributed by atoms with E-state index < -0.39 is 0 Å². The molecule has 3 heteroatoms. The standard InChI is InChI=1S/C10H21NOS/c1-8(7-12)13-10-6-4-2-3-5-9(10)11/h8-10,12H,2-7,11H2,1H3. The van der Waals surface area contributed by atoms with Crippen molar-refractivity contribution in [2.24, 2.45) is 5.73 Å². The monoisotopic (exact) mass is 203 g/mol. The van der Waals surface area contributed by atoms with Gasteiger partial charge >= 0.3 is 0 Å². The van der Waals surface area contributed by atoms with Gasteiger partial charge in [-0.1, -0.05) is 26.2 Å². The van der Waals surface area contributed by atoms with Crippen LogP contribution in [0.1, 0.15) is 39.0 Å². The lowest BCUT2D eigenvalue weighted by molar-refractivity contribution is 0.299. The minimum atomic E-state index is 0.272. The van der Waals surface area contributed by atoms with E-state index in [1.54, 1.807) is 0 Å². The summed E-state index contributed by atoms with van der Waals surface area (Å²) in [6, 6.07) is 0.349. The molecule has 0 saturated heterocycles. The van der Waals surface area contributed by atoms with Crippen LogP contribution in [0, 0.1) is 0 Å². The molecule has 0 aromatic rings. The molecule has 1 aliphatic rings. The number of aliphatic hydroxyl groups excluding tert-OH is 1. The minimum absolute atomic E-state index is 0.272. The SMILES string of the molecule is CC(CO)SC1CCCCCC1N. The van der Waals surface area contributed by atoms with Crippen molar-refractivity contribution in [2.45, 2.75) is 55.6 Å². The van der Waals surface area contributed by atoms with Gasteiger partial charge in [-0.25, -0.2) is 0 Å². The molecule has 0 bridgehead atoms. The molecule has 0 aromatic carbocycles. The molecular formula is C10H21NOS. The van der Waals surface area contributed by atoms with Crippen LogP contribution in [0.15, 0.2) is 0 Å². The lowest BCUT2D eigenvalue weighted by Crippen LogP contribution is -2.32. The summed E-state index contributed by atoms with van der Waals surface area (Å²) in [4.78, 5) is 0. The molecule has 0 radical (unpaired) electrons. The maximum atomic E-state index is 8.96. The Bertz CT molecular complexity index is 143. The first-order valence-electron chi connectivity index (χ1n) is 5.26.